The summed E-state index contributed by atoms with van der Waals surface area (Å²) in [5.74, 6) is 0. The first-order valence-corrected chi connectivity index (χ1v) is 8.12. The highest BCUT2D eigenvalue weighted by molar-refractivity contribution is 7.99. The summed E-state index contributed by atoms with van der Waals surface area (Å²) in [6.07, 6.45) is 1.42. The number of rotatable bonds is 4. The summed E-state index contributed by atoms with van der Waals surface area (Å²) in [7, 11) is 1.87. The van der Waals surface area contributed by atoms with E-state index in [0.29, 0.717) is 5.02 Å². The van der Waals surface area contributed by atoms with Crippen LogP contribution in [0.25, 0.3) is 11.3 Å². The van der Waals surface area contributed by atoms with Crippen molar-refractivity contribution in [2.75, 3.05) is 0 Å². The Bertz CT molecular complexity index is 829. The number of aryl methyl sites for hydroxylation is 1. The van der Waals surface area contributed by atoms with Crippen molar-refractivity contribution in [3.05, 3.63) is 65.2 Å². The first-order valence-electron chi connectivity index (χ1n) is 6.92. The van der Waals surface area contributed by atoms with Crippen LogP contribution in [0.1, 0.15) is 5.56 Å². The lowest BCUT2D eigenvalue weighted by Gasteiger charge is -2.04. The second-order valence-corrected chi connectivity index (χ2v) is 6.36. The molecule has 0 bridgehead atoms. The molecule has 1 N–H and O–H groups in total. The predicted molar refractivity (Wildman–Crippen MR) is 93.6 cm³/mol. The molecule has 23 heavy (non-hydrogen) atoms. The predicted octanol–water partition coefficient (Wildman–Crippen LogP) is 4.70. The van der Waals surface area contributed by atoms with Crippen molar-refractivity contribution in [2.45, 2.75) is 9.92 Å². The van der Waals surface area contributed by atoms with Crippen LogP contribution in [0.3, 0.4) is 0 Å². The van der Waals surface area contributed by atoms with Crippen molar-refractivity contribution in [2.24, 2.45) is 12.2 Å². The highest BCUT2D eigenvalue weighted by Gasteiger charge is 2.17. The maximum absolute atomic E-state index is 9.03. The Kier molecular flexibility index (Phi) is 4.69. The Morgan fingerprint density at radius 3 is 2.48 bits per heavy atom. The van der Waals surface area contributed by atoms with E-state index in [-0.39, 0.29) is 0 Å². The fraction of sp³-hybridized carbons (Fsp3) is 0.0588. The smallest absolute Gasteiger partial charge is 0.108 e. The van der Waals surface area contributed by atoms with E-state index in [0.717, 1.165) is 26.7 Å². The molecule has 0 amide bonds. The number of aromatic nitrogens is 2. The van der Waals surface area contributed by atoms with E-state index in [1.807, 2.05) is 61.6 Å². The SMILES string of the molecule is Cn1nc(-c2ccccc2)c(/C=N/O)c1Sc1ccc(Cl)cc1. The van der Waals surface area contributed by atoms with Gasteiger partial charge in [-0.2, -0.15) is 5.10 Å². The van der Waals surface area contributed by atoms with Gasteiger partial charge in [-0.05, 0) is 24.3 Å². The van der Waals surface area contributed by atoms with Crippen molar-refractivity contribution < 1.29 is 5.21 Å². The molecular formula is C17H14ClN3OS. The number of hydrogen-bond donors (Lipinski definition) is 1. The van der Waals surface area contributed by atoms with Gasteiger partial charge in [-0.25, -0.2) is 0 Å². The van der Waals surface area contributed by atoms with Crippen molar-refractivity contribution in [1.82, 2.24) is 9.78 Å². The first-order chi connectivity index (χ1) is 11.2. The molecule has 0 aliphatic heterocycles. The van der Waals surface area contributed by atoms with Gasteiger partial charge < -0.3 is 5.21 Å². The van der Waals surface area contributed by atoms with E-state index in [1.165, 1.54) is 6.21 Å². The second-order valence-electron chi connectivity index (χ2n) is 4.86. The van der Waals surface area contributed by atoms with Crippen LogP contribution in [-0.4, -0.2) is 21.2 Å². The Morgan fingerprint density at radius 1 is 1.13 bits per heavy atom. The standard InChI is InChI=1S/C17H14ClN3OS/c1-21-17(23-14-9-7-13(18)8-10-14)15(11-19-22)16(20-21)12-5-3-2-4-6-12/h2-11,22H,1H3/b19-11+. The average Bonchev–Trinajstić information content (AvgIpc) is 2.87. The van der Waals surface area contributed by atoms with Gasteiger partial charge in [-0.15, -0.1) is 0 Å². The van der Waals surface area contributed by atoms with Crippen LogP contribution in [0.4, 0.5) is 0 Å². The summed E-state index contributed by atoms with van der Waals surface area (Å²) < 4.78 is 1.79. The summed E-state index contributed by atoms with van der Waals surface area (Å²) in [5, 5.41) is 18.4. The van der Waals surface area contributed by atoms with Crippen LogP contribution in [0.2, 0.25) is 5.02 Å². The molecule has 116 valence electrons. The zero-order valence-corrected chi connectivity index (χ0v) is 13.9. The van der Waals surface area contributed by atoms with Crippen molar-refractivity contribution in [3.8, 4) is 11.3 Å². The molecule has 0 saturated heterocycles. The monoisotopic (exact) mass is 343 g/mol. The van der Waals surface area contributed by atoms with Crippen LogP contribution < -0.4 is 0 Å². The molecule has 0 radical (unpaired) electrons. The topological polar surface area (TPSA) is 50.4 Å². The van der Waals surface area contributed by atoms with Gasteiger partial charge >= 0.3 is 0 Å². The number of nitrogens with zero attached hydrogens (tertiary/aromatic N) is 3. The largest absolute Gasteiger partial charge is 0.411 e. The minimum atomic E-state index is 0.696. The van der Waals surface area contributed by atoms with E-state index >= 15 is 0 Å². The Morgan fingerprint density at radius 2 is 1.83 bits per heavy atom. The van der Waals surface area contributed by atoms with Crippen molar-refractivity contribution in [3.63, 3.8) is 0 Å². The van der Waals surface area contributed by atoms with Crippen LogP contribution in [0.5, 0.6) is 0 Å². The second kappa shape index (κ2) is 6.89. The van der Waals surface area contributed by atoms with Crippen LogP contribution >= 0.6 is 23.4 Å². The number of halogens is 1. The molecule has 0 aliphatic carbocycles. The van der Waals surface area contributed by atoms with Crippen molar-refractivity contribution in [1.29, 1.82) is 0 Å². The summed E-state index contributed by atoms with van der Waals surface area (Å²) in [5.41, 5.74) is 2.53. The molecule has 0 aliphatic rings. The fourth-order valence-corrected chi connectivity index (χ4v) is 3.30. The molecule has 3 aromatic rings. The summed E-state index contributed by atoms with van der Waals surface area (Å²) in [6, 6.07) is 17.4. The van der Waals surface area contributed by atoms with Crippen molar-refractivity contribution >= 4 is 29.6 Å². The van der Waals surface area contributed by atoms with Gasteiger partial charge in [0.25, 0.3) is 0 Å². The zero-order chi connectivity index (χ0) is 16.2. The fourth-order valence-electron chi connectivity index (χ4n) is 2.24. The van der Waals surface area contributed by atoms with E-state index in [9.17, 15) is 0 Å². The maximum Gasteiger partial charge on any atom is 0.108 e. The van der Waals surface area contributed by atoms with Gasteiger partial charge in [0.1, 0.15) is 10.7 Å². The Hall–Kier alpha value is -2.24. The van der Waals surface area contributed by atoms with Gasteiger partial charge in [-0.3, -0.25) is 4.68 Å². The van der Waals surface area contributed by atoms with Crippen LogP contribution in [0, 0.1) is 0 Å². The molecule has 0 atom stereocenters. The van der Waals surface area contributed by atoms with E-state index < -0.39 is 0 Å². The minimum absolute atomic E-state index is 0.696. The van der Waals surface area contributed by atoms with Gasteiger partial charge in [0.2, 0.25) is 0 Å². The highest BCUT2D eigenvalue weighted by Crippen LogP contribution is 2.34. The van der Waals surface area contributed by atoms with E-state index in [1.54, 1.807) is 16.4 Å². The minimum Gasteiger partial charge on any atom is -0.411 e. The highest BCUT2D eigenvalue weighted by atomic mass is 35.5. The Labute approximate surface area is 143 Å². The molecule has 6 heteroatoms. The molecule has 4 nitrogen and oxygen atoms in total. The maximum atomic E-state index is 9.03. The van der Waals surface area contributed by atoms with Crippen LogP contribution in [-0.2, 0) is 7.05 Å². The van der Waals surface area contributed by atoms with Crippen LogP contribution in [0.15, 0.2) is 69.7 Å². The van der Waals surface area contributed by atoms with Gasteiger partial charge in [-0.1, -0.05) is 58.9 Å². The molecular weight excluding hydrogens is 330 g/mol. The number of benzene rings is 2. The molecule has 2 aromatic carbocycles. The van der Waals surface area contributed by atoms with Gasteiger partial charge in [0.15, 0.2) is 0 Å². The molecule has 1 heterocycles. The quantitative estimate of drug-likeness (QED) is 0.424. The van der Waals surface area contributed by atoms with Gasteiger partial charge in [0.05, 0.1) is 11.8 Å². The third kappa shape index (κ3) is 3.41. The third-order valence-corrected chi connectivity index (χ3v) is 4.73. The Balaban J connectivity index is 2.06. The molecule has 0 spiro atoms. The lowest BCUT2D eigenvalue weighted by Crippen LogP contribution is -1.93. The third-order valence-electron chi connectivity index (χ3n) is 3.29. The molecule has 0 unspecified atom stereocenters. The van der Waals surface area contributed by atoms with E-state index in [2.05, 4.69) is 10.3 Å². The summed E-state index contributed by atoms with van der Waals surface area (Å²) in [4.78, 5) is 1.03. The molecule has 0 saturated carbocycles. The molecule has 1 aromatic heterocycles. The molecule has 3 rings (SSSR count). The lowest BCUT2D eigenvalue weighted by molar-refractivity contribution is 0.321. The lowest BCUT2D eigenvalue weighted by atomic mass is 10.1. The molecule has 0 fully saturated rings. The first kappa shape index (κ1) is 15.6. The number of oxime groups is 1. The summed E-state index contributed by atoms with van der Waals surface area (Å²) >= 11 is 7.47. The average molecular weight is 344 g/mol. The van der Waals surface area contributed by atoms with Gasteiger partial charge in [0, 0.05) is 22.5 Å². The summed E-state index contributed by atoms with van der Waals surface area (Å²) in [6.45, 7) is 0. The normalized spacial score (nSPS) is 11.2. The number of hydrogen-bond acceptors (Lipinski definition) is 4. The van der Waals surface area contributed by atoms with E-state index in [4.69, 9.17) is 16.8 Å². The zero-order valence-electron chi connectivity index (χ0n) is 12.3.